The summed E-state index contributed by atoms with van der Waals surface area (Å²) in [6, 6.07) is 4.12. The van der Waals surface area contributed by atoms with Gasteiger partial charge >= 0.3 is 5.97 Å². The Balaban J connectivity index is 2.77. The largest absolute Gasteiger partial charge is 0.481 e. The Labute approximate surface area is 113 Å². The molecule has 0 aromatic heterocycles. The summed E-state index contributed by atoms with van der Waals surface area (Å²) in [5.74, 6) is -2.46. The van der Waals surface area contributed by atoms with Gasteiger partial charge in [0.25, 0.3) is 0 Å². The van der Waals surface area contributed by atoms with Crippen molar-refractivity contribution in [3.63, 3.8) is 0 Å². The van der Waals surface area contributed by atoms with Crippen LogP contribution in [0.4, 0.5) is 0 Å². The molecule has 4 heteroatoms. The van der Waals surface area contributed by atoms with Crippen molar-refractivity contribution < 1.29 is 14.7 Å². The van der Waals surface area contributed by atoms with E-state index in [9.17, 15) is 9.59 Å². The number of rotatable bonds is 5. The molecule has 1 amide bonds. The number of hydrogen-bond donors (Lipinski definition) is 2. The van der Waals surface area contributed by atoms with Crippen molar-refractivity contribution in [1.82, 2.24) is 5.32 Å². The molecular formula is C15H21NO3. The first kappa shape index (κ1) is 15.2. The third-order valence-electron chi connectivity index (χ3n) is 3.30. The van der Waals surface area contributed by atoms with Crippen LogP contribution in [0, 0.1) is 26.7 Å². The molecule has 1 aromatic rings. The number of nitrogens with one attached hydrogen (secondary N) is 1. The fourth-order valence-electron chi connectivity index (χ4n) is 2.26. The average molecular weight is 263 g/mol. The summed E-state index contributed by atoms with van der Waals surface area (Å²) in [6.45, 7) is 8.09. The molecule has 0 saturated carbocycles. The van der Waals surface area contributed by atoms with E-state index in [0.717, 1.165) is 16.7 Å². The summed E-state index contributed by atoms with van der Waals surface area (Å²) in [7, 11) is 0. The zero-order chi connectivity index (χ0) is 14.6. The number of carbonyl (C=O) groups excluding carboxylic acids is 1. The summed E-state index contributed by atoms with van der Waals surface area (Å²) < 4.78 is 0. The van der Waals surface area contributed by atoms with Gasteiger partial charge in [-0.05, 0) is 43.9 Å². The Kier molecular flexibility index (Phi) is 5.10. The first-order valence-electron chi connectivity index (χ1n) is 6.44. The lowest BCUT2D eigenvalue weighted by Gasteiger charge is -2.14. The van der Waals surface area contributed by atoms with Crippen LogP contribution in [0.5, 0.6) is 0 Å². The minimum absolute atomic E-state index is 0.299. The highest BCUT2D eigenvalue weighted by Gasteiger charge is 2.23. The Morgan fingerprint density at radius 2 is 1.74 bits per heavy atom. The van der Waals surface area contributed by atoms with Gasteiger partial charge in [-0.1, -0.05) is 24.6 Å². The summed E-state index contributed by atoms with van der Waals surface area (Å²) >= 11 is 0. The molecule has 0 aliphatic heterocycles. The van der Waals surface area contributed by atoms with E-state index in [1.54, 1.807) is 6.92 Å². The highest BCUT2D eigenvalue weighted by Crippen LogP contribution is 2.16. The van der Waals surface area contributed by atoms with Crippen LogP contribution in [-0.4, -0.2) is 17.0 Å². The first-order valence-corrected chi connectivity index (χ1v) is 6.44. The third-order valence-corrected chi connectivity index (χ3v) is 3.30. The first-order chi connectivity index (χ1) is 8.86. The van der Waals surface area contributed by atoms with Crippen LogP contribution in [0.1, 0.15) is 35.6 Å². The van der Waals surface area contributed by atoms with Crippen LogP contribution in [0.15, 0.2) is 12.1 Å². The minimum atomic E-state index is -1.07. The number of aliphatic carboxylic acids is 1. The summed E-state index contributed by atoms with van der Waals surface area (Å²) in [4.78, 5) is 22.7. The topological polar surface area (TPSA) is 66.4 Å². The Bertz CT molecular complexity index is 471. The molecule has 0 aliphatic carbocycles. The predicted molar refractivity (Wildman–Crippen MR) is 73.9 cm³/mol. The van der Waals surface area contributed by atoms with E-state index in [0.29, 0.717) is 13.0 Å². The van der Waals surface area contributed by atoms with Gasteiger partial charge in [-0.15, -0.1) is 0 Å². The van der Waals surface area contributed by atoms with Crippen molar-refractivity contribution in [1.29, 1.82) is 0 Å². The van der Waals surface area contributed by atoms with Crippen LogP contribution in [0.3, 0.4) is 0 Å². The lowest BCUT2D eigenvalue weighted by molar-refractivity contribution is -0.147. The maximum atomic E-state index is 11.8. The van der Waals surface area contributed by atoms with Gasteiger partial charge < -0.3 is 10.4 Å². The van der Waals surface area contributed by atoms with Crippen molar-refractivity contribution in [3.05, 3.63) is 34.4 Å². The van der Waals surface area contributed by atoms with E-state index in [2.05, 4.69) is 17.4 Å². The zero-order valence-electron chi connectivity index (χ0n) is 11.9. The zero-order valence-corrected chi connectivity index (χ0v) is 11.9. The average Bonchev–Trinajstić information content (AvgIpc) is 2.27. The molecule has 0 fully saturated rings. The Morgan fingerprint density at radius 3 is 2.16 bits per heavy atom. The number of carboxylic acids is 1. The SMILES string of the molecule is CCC(C(=O)O)C(=O)NCc1c(C)cc(C)cc1C. The van der Waals surface area contributed by atoms with Gasteiger partial charge in [0, 0.05) is 6.54 Å². The second-order valence-electron chi connectivity index (χ2n) is 4.89. The van der Waals surface area contributed by atoms with E-state index < -0.39 is 17.8 Å². The van der Waals surface area contributed by atoms with E-state index in [1.165, 1.54) is 5.56 Å². The van der Waals surface area contributed by atoms with Crippen molar-refractivity contribution >= 4 is 11.9 Å². The predicted octanol–water partition coefficient (Wildman–Crippen LogP) is 2.34. The van der Waals surface area contributed by atoms with Gasteiger partial charge in [0.05, 0.1) is 0 Å². The number of benzene rings is 1. The highest BCUT2D eigenvalue weighted by molar-refractivity contribution is 5.96. The molecule has 0 bridgehead atoms. The molecule has 1 unspecified atom stereocenters. The third kappa shape index (κ3) is 3.81. The molecule has 0 aliphatic rings. The maximum absolute atomic E-state index is 11.8. The monoisotopic (exact) mass is 263 g/mol. The molecule has 19 heavy (non-hydrogen) atoms. The summed E-state index contributed by atoms with van der Waals surface area (Å²) in [6.07, 6.45) is 0.299. The van der Waals surface area contributed by atoms with E-state index in [1.807, 2.05) is 20.8 Å². The molecular weight excluding hydrogens is 242 g/mol. The number of carbonyl (C=O) groups is 2. The lowest BCUT2D eigenvalue weighted by Crippen LogP contribution is -2.34. The molecule has 1 atom stereocenters. The van der Waals surface area contributed by atoms with E-state index >= 15 is 0 Å². The molecule has 4 nitrogen and oxygen atoms in total. The van der Waals surface area contributed by atoms with E-state index in [4.69, 9.17) is 5.11 Å². The van der Waals surface area contributed by atoms with Gasteiger partial charge in [-0.2, -0.15) is 0 Å². The van der Waals surface area contributed by atoms with Crippen molar-refractivity contribution in [2.75, 3.05) is 0 Å². The smallest absolute Gasteiger partial charge is 0.316 e. The van der Waals surface area contributed by atoms with Gasteiger partial charge in [0.1, 0.15) is 5.92 Å². The van der Waals surface area contributed by atoms with Gasteiger partial charge in [-0.3, -0.25) is 9.59 Å². The van der Waals surface area contributed by atoms with Crippen LogP contribution < -0.4 is 5.32 Å². The summed E-state index contributed by atoms with van der Waals surface area (Å²) in [5, 5.41) is 11.6. The lowest BCUT2D eigenvalue weighted by atomic mass is 9.99. The number of amides is 1. The Hall–Kier alpha value is -1.84. The fourth-order valence-corrected chi connectivity index (χ4v) is 2.26. The van der Waals surface area contributed by atoms with E-state index in [-0.39, 0.29) is 0 Å². The molecule has 1 aromatic carbocycles. The second kappa shape index (κ2) is 6.36. The quantitative estimate of drug-likeness (QED) is 0.801. The van der Waals surface area contributed by atoms with Crippen LogP contribution in [-0.2, 0) is 16.1 Å². The normalized spacial score (nSPS) is 12.0. The molecule has 0 heterocycles. The minimum Gasteiger partial charge on any atom is -0.481 e. The molecule has 0 spiro atoms. The van der Waals surface area contributed by atoms with Gasteiger partial charge in [-0.25, -0.2) is 0 Å². The van der Waals surface area contributed by atoms with Crippen molar-refractivity contribution in [2.45, 2.75) is 40.7 Å². The molecule has 1 rings (SSSR count). The fraction of sp³-hybridized carbons (Fsp3) is 0.467. The Morgan fingerprint density at radius 1 is 1.21 bits per heavy atom. The molecule has 0 radical (unpaired) electrons. The van der Waals surface area contributed by atoms with Crippen molar-refractivity contribution in [2.24, 2.45) is 5.92 Å². The maximum Gasteiger partial charge on any atom is 0.316 e. The molecule has 2 N–H and O–H groups in total. The number of hydrogen-bond acceptors (Lipinski definition) is 2. The van der Waals surface area contributed by atoms with Gasteiger partial charge in [0.2, 0.25) is 5.91 Å². The summed E-state index contributed by atoms with van der Waals surface area (Å²) in [5.41, 5.74) is 4.46. The van der Waals surface area contributed by atoms with Crippen LogP contribution >= 0.6 is 0 Å². The number of carboxylic acid groups (broad SMARTS) is 1. The van der Waals surface area contributed by atoms with Crippen molar-refractivity contribution in [3.8, 4) is 0 Å². The van der Waals surface area contributed by atoms with Gasteiger partial charge in [0.15, 0.2) is 0 Å². The second-order valence-corrected chi connectivity index (χ2v) is 4.89. The molecule has 0 saturated heterocycles. The standard InChI is InChI=1S/C15H21NO3/c1-5-12(15(18)19)14(17)16-8-13-10(3)6-9(2)7-11(13)4/h6-7,12H,5,8H2,1-4H3,(H,16,17)(H,18,19). The van der Waals surface area contributed by atoms with Crippen LogP contribution in [0.25, 0.3) is 0 Å². The van der Waals surface area contributed by atoms with Crippen LogP contribution in [0.2, 0.25) is 0 Å². The highest BCUT2D eigenvalue weighted by atomic mass is 16.4. The molecule has 104 valence electrons. The number of aryl methyl sites for hydroxylation is 3.